The molecule has 7 heteroatoms. The summed E-state index contributed by atoms with van der Waals surface area (Å²) < 4.78 is 20.3. The molecule has 0 aliphatic rings. The molecule has 34 heavy (non-hydrogen) atoms. The molecule has 180 valence electrons. The molecule has 3 aromatic rings. The van der Waals surface area contributed by atoms with E-state index in [0.717, 1.165) is 23.2 Å². The lowest BCUT2D eigenvalue weighted by atomic mass is 10.2. The van der Waals surface area contributed by atoms with Crippen molar-refractivity contribution in [1.82, 2.24) is 14.4 Å². The number of methoxy groups -OCH3 is 1. The van der Waals surface area contributed by atoms with E-state index in [9.17, 15) is 14.0 Å². The predicted octanol–water partition coefficient (Wildman–Crippen LogP) is 4.09. The molecular weight excluding hydrogens is 433 g/mol. The van der Waals surface area contributed by atoms with Gasteiger partial charge in [0.15, 0.2) is 0 Å². The summed E-state index contributed by atoms with van der Waals surface area (Å²) in [6.45, 7) is 3.81. The predicted molar refractivity (Wildman–Crippen MR) is 129 cm³/mol. The molecule has 3 rings (SSSR count). The number of aromatic nitrogens is 1. The molecule has 6 nitrogen and oxygen atoms in total. The SMILES string of the molecule is CCCN(CC(=O)N(Cc1ccccc1)Cc1cccn1Cc1ccc(F)cc1)C(=O)COC. The molecular formula is C27H32FN3O3. The number of carbonyl (C=O) groups is 2. The summed E-state index contributed by atoms with van der Waals surface area (Å²) in [5, 5.41) is 0. The maximum Gasteiger partial charge on any atom is 0.249 e. The second-order valence-electron chi connectivity index (χ2n) is 8.24. The highest BCUT2D eigenvalue weighted by Crippen LogP contribution is 2.15. The Bertz CT molecular complexity index is 1050. The minimum absolute atomic E-state index is 0.00153. The Balaban J connectivity index is 1.79. The number of benzene rings is 2. The summed E-state index contributed by atoms with van der Waals surface area (Å²) in [4.78, 5) is 29.2. The molecule has 0 spiro atoms. The van der Waals surface area contributed by atoms with E-state index in [2.05, 4.69) is 4.57 Å². The zero-order valence-electron chi connectivity index (χ0n) is 19.8. The second kappa shape index (κ2) is 12.7. The van der Waals surface area contributed by atoms with Gasteiger partial charge in [-0.25, -0.2) is 4.39 Å². The van der Waals surface area contributed by atoms with E-state index in [0.29, 0.717) is 26.2 Å². The molecule has 1 aromatic heterocycles. The van der Waals surface area contributed by atoms with E-state index in [1.807, 2.05) is 55.6 Å². The van der Waals surface area contributed by atoms with Gasteiger partial charge < -0.3 is 19.1 Å². The molecule has 0 N–H and O–H groups in total. The fourth-order valence-corrected chi connectivity index (χ4v) is 3.81. The Kier molecular flexibility index (Phi) is 9.40. The Morgan fingerprint density at radius 3 is 2.29 bits per heavy atom. The molecule has 0 saturated heterocycles. The van der Waals surface area contributed by atoms with E-state index in [1.54, 1.807) is 21.9 Å². The van der Waals surface area contributed by atoms with Crippen LogP contribution in [0.15, 0.2) is 72.9 Å². The van der Waals surface area contributed by atoms with Crippen molar-refractivity contribution in [1.29, 1.82) is 0 Å². The van der Waals surface area contributed by atoms with Crippen LogP contribution in [0.4, 0.5) is 4.39 Å². The number of hydrogen-bond donors (Lipinski definition) is 0. The van der Waals surface area contributed by atoms with Crippen molar-refractivity contribution >= 4 is 11.8 Å². The van der Waals surface area contributed by atoms with Crippen molar-refractivity contribution in [2.75, 3.05) is 26.8 Å². The normalized spacial score (nSPS) is 10.8. The first-order valence-corrected chi connectivity index (χ1v) is 11.5. The zero-order valence-corrected chi connectivity index (χ0v) is 19.8. The lowest BCUT2D eigenvalue weighted by Crippen LogP contribution is -2.44. The third kappa shape index (κ3) is 7.28. The zero-order chi connectivity index (χ0) is 24.3. The highest BCUT2D eigenvalue weighted by Gasteiger charge is 2.22. The van der Waals surface area contributed by atoms with Crippen molar-refractivity contribution in [3.8, 4) is 0 Å². The average molecular weight is 466 g/mol. The number of hydrogen-bond acceptors (Lipinski definition) is 3. The van der Waals surface area contributed by atoms with E-state index in [1.165, 1.54) is 19.2 Å². The molecule has 0 fully saturated rings. The quantitative estimate of drug-likeness (QED) is 0.405. The third-order valence-electron chi connectivity index (χ3n) is 5.55. The molecule has 1 heterocycles. The summed E-state index contributed by atoms with van der Waals surface area (Å²) in [5.74, 6) is -0.593. The summed E-state index contributed by atoms with van der Waals surface area (Å²) in [7, 11) is 1.47. The van der Waals surface area contributed by atoms with Gasteiger partial charge >= 0.3 is 0 Å². The topological polar surface area (TPSA) is 54.8 Å². The Morgan fingerprint density at radius 2 is 1.62 bits per heavy atom. The van der Waals surface area contributed by atoms with Crippen LogP contribution in [-0.2, 0) is 34.0 Å². The van der Waals surface area contributed by atoms with Crippen molar-refractivity contribution in [2.24, 2.45) is 0 Å². The van der Waals surface area contributed by atoms with Gasteiger partial charge in [0.05, 0.1) is 13.1 Å². The maximum atomic E-state index is 13.4. The van der Waals surface area contributed by atoms with Crippen molar-refractivity contribution < 1.29 is 18.7 Å². The van der Waals surface area contributed by atoms with Crippen LogP contribution in [0.1, 0.15) is 30.2 Å². The van der Waals surface area contributed by atoms with Crippen LogP contribution >= 0.6 is 0 Å². The molecule has 0 saturated carbocycles. The lowest BCUT2D eigenvalue weighted by Gasteiger charge is -2.28. The van der Waals surface area contributed by atoms with Crippen LogP contribution in [-0.4, -0.2) is 53.0 Å². The standard InChI is InChI=1S/C27H32FN3O3/c1-3-15-30(27(33)21-34-2)20-26(32)31(18-22-8-5-4-6-9-22)19-25-10-7-16-29(25)17-23-11-13-24(28)14-12-23/h4-14,16H,3,15,17-21H2,1-2H3. The fourth-order valence-electron chi connectivity index (χ4n) is 3.81. The van der Waals surface area contributed by atoms with Crippen LogP contribution in [0, 0.1) is 5.82 Å². The van der Waals surface area contributed by atoms with Gasteiger partial charge in [-0.15, -0.1) is 0 Å². The number of halogens is 1. The summed E-state index contributed by atoms with van der Waals surface area (Å²) in [5.41, 5.74) is 2.94. The van der Waals surface area contributed by atoms with Crippen molar-refractivity contribution in [3.63, 3.8) is 0 Å². The van der Waals surface area contributed by atoms with E-state index < -0.39 is 0 Å². The van der Waals surface area contributed by atoms with Crippen LogP contribution in [0.25, 0.3) is 0 Å². The minimum atomic E-state index is -0.268. The molecule has 0 aliphatic carbocycles. The van der Waals surface area contributed by atoms with E-state index in [-0.39, 0.29) is 30.8 Å². The lowest BCUT2D eigenvalue weighted by molar-refractivity contribution is -0.143. The average Bonchev–Trinajstić information content (AvgIpc) is 3.27. The molecule has 0 radical (unpaired) electrons. The Labute approximate surface area is 200 Å². The molecule has 0 bridgehead atoms. The molecule has 2 amide bonds. The van der Waals surface area contributed by atoms with E-state index in [4.69, 9.17) is 4.74 Å². The largest absolute Gasteiger partial charge is 0.375 e. The Morgan fingerprint density at radius 1 is 0.882 bits per heavy atom. The third-order valence-corrected chi connectivity index (χ3v) is 5.55. The highest BCUT2D eigenvalue weighted by molar-refractivity contribution is 5.85. The smallest absolute Gasteiger partial charge is 0.249 e. The first kappa shape index (κ1) is 25.2. The minimum Gasteiger partial charge on any atom is -0.375 e. The first-order valence-electron chi connectivity index (χ1n) is 11.5. The second-order valence-corrected chi connectivity index (χ2v) is 8.24. The van der Waals surface area contributed by atoms with Gasteiger partial charge in [-0.05, 0) is 41.8 Å². The van der Waals surface area contributed by atoms with Crippen LogP contribution < -0.4 is 0 Å². The van der Waals surface area contributed by atoms with Gasteiger partial charge in [-0.1, -0.05) is 49.4 Å². The number of rotatable bonds is 12. The number of amides is 2. The summed E-state index contributed by atoms with van der Waals surface area (Å²) in [6.07, 6.45) is 2.71. The molecule has 0 atom stereocenters. The van der Waals surface area contributed by atoms with Gasteiger partial charge in [-0.2, -0.15) is 0 Å². The van der Waals surface area contributed by atoms with Crippen LogP contribution in [0.2, 0.25) is 0 Å². The fraction of sp³-hybridized carbons (Fsp3) is 0.333. The summed E-state index contributed by atoms with van der Waals surface area (Å²) >= 11 is 0. The number of nitrogens with zero attached hydrogens (tertiary/aromatic N) is 3. The molecule has 0 unspecified atom stereocenters. The molecule has 0 aliphatic heterocycles. The van der Waals surface area contributed by atoms with Gasteiger partial charge in [0, 0.05) is 38.6 Å². The first-order chi connectivity index (χ1) is 16.5. The van der Waals surface area contributed by atoms with Crippen molar-refractivity contribution in [3.05, 3.63) is 95.6 Å². The highest BCUT2D eigenvalue weighted by atomic mass is 19.1. The van der Waals surface area contributed by atoms with Gasteiger partial charge in [-0.3, -0.25) is 9.59 Å². The molecule has 2 aromatic carbocycles. The van der Waals surface area contributed by atoms with Gasteiger partial charge in [0.1, 0.15) is 12.4 Å². The number of carbonyl (C=O) groups excluding carboxylic acids is 2. The van der Waals surface area contributed by atoms with Gasteiger partial charge in [0.2, 0.25) is 11.8 Å². The number of ether oxygens (including phenoxy) is 1. The van der Waals surface area contributed by atoms with Crippen molar-refractivity contribution in [2.45, 2.75) is 33.0 Å². The Hall–Kier alpha value is -3.45. The van der Waals surface area contributed by atoms with Gasteiger partial charge in [0.25, 0.3) is 0 Å². The van der Waals surface area contributed by atoms with E-state index >= 15 is 0 Å². The monoisotopic (exact) mass is 465 g/mol. The van der Waals surface area contributed by atoms with Crippen LogP contribution in [0.5, 0.6) is 0 Å². The summed E-state index contributed by atoms with van der Waals surface area (Å²) in [6, 6.07) is 20.1. The van der Waals surface area contributed by atoms with Crippen LogP contribution in [0.3, 0.4) is 0 Å². The maximum absolute atomic E-state index is 13.4.